The number of amides is 1. The number of methoxy groups -OCH3 is 3. The minimum absolute atomic E-state index is 0.180. The van der Waals surface area contributed by atoms with Crippen LogP contribution in [0.4, 0.5) is 0 Å². The van der Waals surface area contributed by atoms with Gasteiger partial charge in [0.05, 0.1) is 21.3 Å². The van der Waals surface area contributed by atoms with Gasteiger partial charge in [-0.1, -0.05) is 29.8 Å². The summed E-state index contributed by atoms with van der Waals surface area (Å²) in [5.74, 6) is 0.560. The van der Waals surface area contributed by atoms with Gasteiger partial charge in [0, 0.05) is 24.3 Å². The van der Waals surface area contributed by atoms with Gasteiger partial charge in [-0.25, -0.2) is 4.79 Å². The van der Waals surface area contributed by atoms with Crippen molar-refractivity contribution in [2.75, 3.05) is 27.9 Å². The van der Waals surface area contributed by atoms with Crippen molar-refractivity contribution in [3.05, 3.63) is 59.2 Å². The quantitative estimate of drug-likeness (QED) is 0.516. The third-order valence-corrected chi connectivity index (χ3v) is 4.06. The Kier molecular flexibility index (Phi) is 8.09. The molecule has 2 rings (SSSR count). The zero-order valence-electron chi connectivity index (χ0n) is 17.0. The van der Waals surface area contributed by atoms with Gasteiger partial charge in [-0.05, 0) is 24.6 Å². The molecule has 0 spiro atoms. The minimum atomic E-state index is -0.592. The SMILES string of the molecule is COc1cc(OC)c(OC)cc1CNC(=O)COC(=O)/C=C/c1cccc(C)c1. The molecule has 2 aromatic rings. The number of hydrogen-bond acceptors (Lipinski definition) is 6. The smallest absolute Gasteiger partial charge is 0.331 e. The normalized spacial score (nSPS) is 10.5. The first-order valence-electron chi connectivity index (χ1n) is 8.94. The predicted molar refractivity (Wildman–Crippen MR) is 109 cm³/mol. The molecule has 0 aliphatic rings. The number of carbonyl (C=O) groups is 2. The van der Waals surface area contributed by atoms with Crippen LogP contribution in [0.1, 0.15) is 16.7 Å². The maximum Gasteiger partial charge on any atom is 0.331 e. The zero-order valence-corrected chi connectivity index (χ0v) is 17.0. The summed E-state index contributed by atoms with van der Waals surface area (Å²) in [6.45, 7) is 1.76. The van der Waals surface area contributed by atoms with Crippen LogP contribution in [-0.2, 0) is 20.9 Å². The summed E-state index contributed by atoms with van der Waals surface area (Å²) < 4.78 is 20.8. The Hall–Kier alpha value is -3.48. The van der Waals surface area contributed by atoms with Crippen LogP contribution in [0.25, 0.3) is 6.08 Å². The van der Waals surface area contributed by atoms with Gasteiger partial charge < -0.3 is 24.3 Å². The van der Waals surface area contributed by atoms with E-state index in [4.69, 9.17) is 18.9 Å². The number of nitrogens with one attached hydrogen (secondary N) is 1. The van der Waals surface area contributed by atoms with Crippen LogP contribution < -0.4 is 19.5 Å². The highest BCUT2D eigenvalue weighted by Gasteiger charge is 2.13. The Balaban J connectivity index is 1.87. The Labute approximate surface area is 170 Å². The molecule has 0 aliphatic heterocycles. The lowest BCUT2D eigenvalue weighted by molar-refractivity contribution is -0.143. The average Bonchev–Trinajstić information content (AvgIpc) is 2.74. The molecule has 154 valence electrons. The van der Waals surface area contributed by atoms with Gasteiger partial charge in [0.25, 0.3) is 5.91 Å². The van der Waals surface area contributed by atoms with E-state index in [1.807, 2.05) is 31.2 Å². The van der Waals surface area contributed by atoms with Crippen molar-refractivity contribution in [1.29, 1.82) is 0 Å². The second kappa shape index (κ2) is 10.8. The Bertz CT molecular complexity index is 891. The largest absolute Gasteiger partial charge is 0.496 e. The minimum Gasteiger partial charge on any atom is -0.496 e. The maximum absolute atomic E-state index is 12.0. The van der Waals surface area contributed by atoms with Gasteiger partial charge in [0.1, 0.15) is 5.75 Å². The molecule has 0 saturated carbocycles. The number of benzene rings is 2. The summed E-state index contributed by atoms with van der Waals surface area (Å²) in [7, 11) is 4.58. The second-order valence-electron chi connectivity index (χ2n) is 6.15. The van der Waals surface area contributed by atoms with E-state index in [0.29, 0.717) is 22.8 Å². The number of rotatable bonds is 9. The predicted octanol–water partition coefficient (Wildman–Crippen LogP) is 2.89. The molecule has 0 aromatic heterocycles. The third kappa shape index (κ3) is 6.57. The summed E-state index contributed by atoms with van der Waals surface area (Å²) in [5, 5.41) is 2.68. The molecule has 0 bridgehead atoms. The van der Waals surface area contributed by atoms with Gasteiger partial charge in [-0.2, -0.15) is 0 Å². The van der Waals surface area contributed by atoms with Crippen molar-refractivity contribution >= 4 is 18.0 Å². The monoisotopic (exact) mass is 399 g/mol. The van der Waals surface area contributed by atoms with E-state index in [0.717, 1.165) is 11.1 Å². The Morgan fingerprint density at radius 3 is 2.31 bits per heavy atom. The maximum atomic E-state index is 12.0. The van der Waals surface area contributed by atoms with E-state index in [9.17, 15) is 9.59 Å². The first kappa shape index (κ1) is 21.8. The van der Waals surface area contributed by atoms with E-state index < -0.39 is 11.9 Å². The Morgan fingerprint density at radius 2 is 1.66 bits per heavy atom. The number of ether oxygens (including phenoxy) is 4. The molecule has 0 fully saturated rings. The Morgan fingerprint density at radius 1 is 0.966 bits per heavy atom. The fourth-order valence-electron chi connectivity index (χ4n) is 2.60. The van der Waals surface area contributed by atoms with Crippen LogP contribution in [0.5, 0.6) is 17.2 Å². The summed E-state index contributed by atoms with van der Waals surface area (Å²) >= 11 is 0. The van der Waals surface area contributed by atoms with Crippen LogP contribution in [0.3, 0.4) is 0 Å². The van der Waals surface area contributed by atoms with Crippen LogP contribution in [0.2, 0.25) is 0 Å². The van der Waals surface area contributed by atoms with Crippen LogP contribution in [0.15, 0.2) is 42.5 Å². The number of hydrogen-bond donors (Lipinski definition) is 1. The lowest BCUT2D eigenvalue weighted by Gasteiger charge is -2.14. The van der Waals surface area contributed by atoms with Gasteiger partial charge >= 0.3 is 5.97 Å². The number of aryl methyl sites for hydroxylation is 1. The molecular weight excluding hydrogens is 374 g/mol. The number of esters is 1. The van der Waals surface area contributed by atoms with Gasteiger partial charge in [-0.15, -0.1) is 0 Å². The number of carbonyl (C=O) groups excluding carboxylic acids is 2. The first-order valence-corrected chi connectivity index (χ1v) is 8.94. The van der Waals surface area contributed by atoms with Gasteiger partial charge in [-0.3, -0.25) is 4.79 Å². The average molecular weight is 399 g/mol. The lowest BCUT2D eigenvalue weighted by Crippen LogP contribution is -2.28. The van der Waals surface area contributed by atoms with Crippen molar-refractivity contribution in [1.82, 2.24) is 5.32 Å². The second-order valence-corrected chi connectivity index (χ2v) is 6.15. The van der Waals surface area contributed by atoms with Crippen LogP contribution >= 0.6 is 0 Å². The fraction of sp³-hybridized carbons (Fsp3) is 0.273. The standard InChI is InChI=1S/C22H25NO6/c1-15-6-5-7-16(10-15)8-9-22(25)29-14-21(24)23-13-17-11-19(27-3)20(28-4)12-18(17)26-2/h5-12H,13-14H2,1-4H3,(H,23,24)/b9-8+. The third-order valence-electron chi connectivity index (χ3n) is 4.06. The molecule has 0 aliphatic carbocycles. The van der Waals surface area contributed by atoms with Gasteiger partial charge in [0.2, 0.25) is 0 Å². The van der Waals surface area contributed by atoms with E-state index in [-0.39, 0.29) is 13.2 Å². The highest BCUT2D eigenvalue weighted by atomic mass is 16.5. The fourth-order valence-corrected chi connectivity index (χ4v) is 2.60. The highest BCUT2D eigenvalue weighted by molar-refractivity contribution is 5.89. The van der Waals surface area contributed by atoms with E-state index in [1.165, 1.54) is 27.4 Å². The molecule has 29 heavy (non-hydrogen) atoms. The molecule has 1 N–H and O–H groups in total. The van der Waals surface area contributed by atoms with E-state index >= 15 is 0 Å². The van der Waals surface area contributed by atoms with Crippen molar-refractivity contribution in [2.45, 2.75) is 13.5 Å². The lowest BCUT2D eigenvalue weighted by atomic mass is 10.1. The van der Waals surface area contributed by atoms with E-state index in [1.54, 1.807) is 18.2 Å². The van der Waals surface area contributed by atoms with Gasteiger partial charge in [0.15, 0.2) is 18.1 Å². The molecule has 0 unspecified atom stereocenters. The highest BCUT2D eigenvalue weighted by Crippen LogP contribution is 2.34. The molecule has 0 radical (unpaired) electrons. The summed E-state index contributed by atoms with van der Waals surface area (Å²) in [6.07, 6.45) is 2.93. The first-order chi connectivity index (χ1) is 14.0. The molecular formula is C22H25NO6. The van der Waals surface area contributed by atoms with Crippen molar-refractivity contribution in [3.8, 4) is 17.2 Å². The topological polar surface area (TPSA) is 83.1 Å². The van der Waals surface area contributed by atoms with Crippen LogP contribution in [-0.4, -0.2) is 39.8 Å². The molecule has 2 aromatic carbocycles. The molecule has 0 atom stereocenters. The van der Waals surface area contributed by atoms with Crippen molar-refractivity contribution < 1.29 is 28.5 Å². The molecule has 7 heteroatoms. The van der Waals surface area contributed by atoms with Crippen molar-refractivity contribution in [3.63, 3.8) is 0 Å². The van der Waals surface area contributed by atoms with E-state index in [2.05, 4.69) is 5.32 Å². The zero-order chi connectivity index (χ0) is 21.2. The van der Waals surface area contributed by atoms with Crippen molar-refractivity contribution in [2.24, 2.45) is 0 Å². The summed E-state index contributed by atoms with van der Waals surface area (Å²) in [6, 6.07) is 11.1. The molecule has 0 saturated heterocycles. The summed E-state index contributed by atoms with van der Waals surface area (Å²) in [5.41, 5.74) is 2.67. The molecule has 1 amide bonds. The molecule has 7 nitrogen and oxygen atoms in total. The molecule has 0 heterocycles. The van der Waals surface area contributed by atoms with Crippen LogP contribution in [0, 0.1) is 6.92 Å². The summed E-state index contributed by atoms with van der Waals surface area (Å²) in [4.78, 5) is 23.8.